The predicted molar refractivity (Wildman–Crippen MR) is 87.1 cm³/mol. The van der Waals surface area contributed by atoms with E-state index < -0.39 is 0 Å². The van der Waals surface area contributed by atoms with Gasteiger partial charge in [0.05, 0.1) is 0 Å². The van der Waals surface area contributed by atoms with E-state index in [0.717, 1.165) is 0 Å². The van der Waals surface area contributed by atoms with Crippen molar-refractivity contribution in [3.63, 3.8) is 0 Å². The van der Waals surface area contributed by atoms with E-state index in [4.69, 9.17) is 5.73 Å². The minimum atomic E-state index is 0. The molecule has 0 bridgehead atoms. The lowest BCUT2D eigenvalue weighted by molar-refractivity contribution is -0.121. The number of amides is 1. The van der Waals surface area contributed by atoms with Crippen LogP contribution in [0.15, 0.2) is 30.3 Å². The van der Waals surface area contributed by atoms with Crippen molar-refractivity contribution in [1.29, 1.82) is 0 Å². The van der Waals surface area contributed by atoms with Crippen LogP contribution in [0.1, 0.15) is 38.7 Å². The van der Waals surface area contributed by atoms with Crippen molar-refractivity contribution in [2.75, 3.05) is 13.1 Å². The minimum absolute atomic E-state index is 0. The van der Waals surface area contributed by atoms with Gasteiger partial charge in [-0.1, -0.05) is 51.1 Å². The highest BCUT2D eigenvalue weighted by atomic mass is 35.5. The zero-order chi connectivity index (χ0) is 14.3. The Morgan fingerprint density at radius 3 is 2.30 bits per heavy atom. The molecule has 3 nitrogen and oxygen atoms in total. The van der Waals surface area contributed by atoms with E-state index >= 15 is 0 Å². The fraction of sp³-hybridized carbons (Fsp3) is 0.562. The van der Waals surface area contributed by atoms with E-state index in [1.165, 1.54) is 5.56 Å². The summed E-state index contributed by atoms with van der Waals surface area (Å²) in [6.07, 6.45) is 0.541. The monoisotopic (exact) mass is 298 g/mol. The van der Waals surface area contributed by atoms with Crippen LogP contribution in [0, 0.1) is 11.8 Å². The van der Waals surface area contributed by atoms with Crippen LogP contribution in [0.4, 0.5) is 0 Å². The number of carbonyl (C=O) groups is 1. The highest BCUT2D eigenvalue weighted by Gasteiger charge is 2.19. The standard InChI is InChI=1S/C16H26N2O.ClH/c1-12(2)15(14-7-5-4-6-8-14)9-16(19)18-11-13(3)10-17;/h4-8,12-13,15H,9-11,17H2,1-3H3,(H,18,19);1H. The largest absolute Gasteiger partial charge is 0.356 e. The molecule has 20 heavy (non-hydrogen) atoms. The molecule has 3 N–H and O–H groups in total. The van der Waals surface area contributed by atoms with Crippen molar-refractivity contribution in [3.8, 4) is 0 Å². The first-order chi connectivity index (χ1) is 9.04. The molecule has 0 saturated carbocycles. The Balaban J connectivity index is 0.00000361. The van der Waals surface area contributed by atoms with Crippen molar-refractivity contribution in [2.45, 2.75) is 33.1 Å². The van der Waals surface area contributed by atoms with E-state index in [9.17, 15) is 4.79 Å². The molecule has 0 fully saturated rings. The van der Waals surface area contributed by atoms with E-state index in [0.29, 0.717) is 31.3 Å². The summed E-state index contributed by atoms with van der Waals surface area (Å²) < 4.78 is 0. The van der Waals surface area contributed by atoms with Crippen LogP contribution in [-0.4, -0.2) is 19.0 Å². The molecule has 1 aromatic rings. The van der Waals surface area contributed by atoms with Gasteiger partial charge in [-0.25, -0.2) is 0 Å². The van der Waals surface area contributed by atoms with Gasteiger partial charge in [-0.15, -0.1) is 12.4 Å². The quantitative estimate of drug-likeness (QED) is 0.813. The van der Waals surface area contributed by atoms with Gasteiger partial charge in [0.25, 0.3) is 0 Å². The fourth-order valence-corrected chi connectivity index (χ4v) is 2.08. The number of benzene rings is 1. The fourth-order valence-electron chi connectivity index (χ4n) is 2.08. The molecule has 0 aliphatic rings. The van der Waals surface area contributed by atoms with Crippen LogP contribution in [0.2, 0.25) is 0 Å². The number of nitrogens with one attached hydrogen (secondary N) is 1. The Bertz CT molecular complexity index is 381. The second kappa shape index (κ2) is 9.78. The first-order valence-corrected chi connectivity index (χ1v) is 7.06. The van der Waals surface area contributed by atoms with Crippen molar-refractivity contribution in [3.05, 3.63) is 35.9 Å². The van der Waals surface area contributed by atoms with Gasteiger partial charge in [-0.3, -0.25) is 4.79 Å². The third kappa shape index (κ3) is 6.40. The average molecular weight is 299 g/mol. The molecule has 2 atom stereocenters. The van der Waals surface area contributed by atoms with Gasteiger partial charge in [0, 0.05) is 13.0 Å². The van der Waals surface area contributed by atoms with Crippen LogP contribution in [0.3, 0.4) is 0 Å². The summed E-state index contributed by atoms with van der Waals surface area (Å²) in [6, 6.07) is 10.3. The van der Waals surface area contributed by atoms with E-state index in [2.05, 4.69) is 31.3 Å². The maximum Gasteiger partial charge on any atom is 0.220 e. The molecule has 1 amide bonds. The normalized spacial score (nSPS) is 13.4. The van der Waals surface area contributed by atoms with Crippen LogP contribution in [0.5, 0.6) is 0 Å². The lowest BCUT2D eigenvalue weighted by Crippen LogP contribution is -2.32. The van der Waals surface area contributed by atoms with Crippen LogP contribution in [-0.2, 0) is 4.79 Å². The molecule has 0 saturated heterocycles. The van der Waals surface area contributed by atoms with Gasteiger partial charge in [0.2, 0.25) is 5.91 Å². The van der Waals surface area contributed by atoms with E-state index in [1.54, 1.807) is 0 Å². The Labute approximate surface area is 128 Å². The summed E-state index contributed by atoms with van der Waals surface area (Å²) in [7, 11) is 0. The van der Waals surface area contributed by atoms with Crippen LogP contribution < -0.4 is 11.1 Å². The van der Waals surface area contributed by atoms with Crippen LogP contribution in [0.25, 0.3) is 0 Å². The molecule has 0 spiro atoms. The number of carbonyl (C=O) groups excluding carboxylic acids is 1. The number of nitrogens with two attached hydrogens (primary N) is 1. The lowest BCUT2D eigenvalue weighted by Gasteiger charge is -2.21. The first kappa shape index (κ1) is 18.9. The number of hydrogen-bond donors (Lipinski definition) is 2. The summed E-state index contributed by atoms with van der Waals surface area (Å²) in [5.41, 5.74) is 6.78. The molecule has 1 aromatic carbocycles. The highest BCUT2D eigenvalue weighted by molar-refractivity contribution is 5.85. The Hall–Kier alpha value is -1.06. The zero-order valence-corrected chi connectivity index (χ0v) is 13.5. The third-order valence-corrected chi connectivity index (χ3v) is 3.49. The van der Waals surface area contributed by atoms with Crippen molar-refractivity contribution < 1.29 is 4.79 Å². The second-order valence-corrected chi connectivity index (χ2v) is 5.61. The maximum atomic E-state index is 12.0. The van der Waals surface area contributed by atoms with Crippen molar-refractivity contribution in [1.82, 2.24) is 5.32 Å². The van der Waals surface area contributed by atoms with Crippen LogP contribution >= 0.6 is 12.4 Å². The highest BCUT2D eigenvalue weighted by Crippen LogP contribution is 2.27. The van der Waals surface area contributed by atoms with Gasteiger partial charge < -0.3 is 11.1 Å². The zero-order valence-electron chi connectivity index (χ0n) is 12.6. The Kier molecular flexibility index (Phi) is 9.26. The smallest absolute Gasteiger partial charge is 0.220 e. The SMILES string of the molecule is CC(CN)CNC(=O)CC(c1ccccc1)C(C)C.Cl. The van der Waals surface area contributed by atoms with Gasteiger partial charge in [-0.05, 0) is 29.9 Å². The number of hydrogen-bond acceptors (Lipinski definition) is 2. The Morgan fingerprint density at radius 1 is 1.20 bits per heavy atom. The molecular formula is C16H27ClN2O. The van der Waals surface area contributed by atoms with Gasteiger partial charge in [0.15, 0.2) is 0 Å². The van der Waals surface area contributed by atoms with Crippen molar-refractivity contribution in [2.24, 2.45) is 17.6 Å². The summed E-state index contributed by atoms with van der Waals surface area (Å²) in [5, 5.41) is 2.97. The molecule has 114 valence electrons. The summed E-state index contributed by atoms with van der Waals surface area (Å²) in [4.78, 5) is 12.0. The second-order valence-electron chi connectivity index (χ2n) is 5.61. The third-order valence-electron chi connectivity index (χ3n) is 3.49. The topological polar surface area (TPSA) is 55.1 Å². The first-order valence-electron chi connectivity index (χ1n) is 7.06. The van der Waals surface area contributed by atoms with Gasteiger partial charge >= 0.3 is 0 Å². The summed E-state index contributed by atoms with van der Waals surface area (Å²) >= 11 is 0. The molecule has 0 aromatic heterocycles. The summed E-state index contributed by atoms with van der Waals surface area (Å²) in [6.45, 7) is 7.62. The molecule has 2 unspecified atom stereocenters. The van der Waals surface area contributed by atoms with Gasteiger partial charge in [0.1, 0.15) is 0 Å². The molecule has 4 heteroatoms. The maximum absolute atomic E-state index is 12.0. The van der Waals surface area contributed by atoms with Crippen molar-refractivity contribution >= 4 is 18.3 Å². The Morgan fingerprint density at radius 2 is 1.80 bits per heavy atom. The molecule has 1 rings (SSSR count). The molecule has 0 heterocycles. The average Bonchev–Trinajstić information content (AvgIpc) is 2.42. The van der Waals surface area contributed by atoms with E-state index in [1.807, 2.05) is 25.1 Å². The summed E-state index contributed by atoms with van der Waals surface area (Å²) in [5.74, 6) is 1.16. The van der Waals surface area contributed by atoms with E-state index in [-0.39, 0.29) is 24.2 Å². The molecular weight excluding hydrogens is 272 g/mol. The molecule has 0 radical (unpaired) electrons. The minimum Gasteiger partial charge on any atom is -0.356 e. The lowest BCUT2D eigenvalue weighted by atomic mass is 9.85. The van der Waals surface area contributed by atoms with Gasteiger partial charge in [-0.2, -0.15) is 0 Å². The molecule has 0 aliphatic carbocycles. The number of halogens is 1. The molecule has 0 aliphatic heterocycles. The number of rotatable bonds is 7. The predicted octanol–water partition coefficient (Wildman–Crippen LogP) is 2.95.